The topological polar surface area (TPSA) is 29.5 Å². The van der Waals surface area contributed by atoms with Gasteiger partial charge in [0.25, 0.3) is 0 Å². The zero-order chi connectivity index (χ0) is 8.81. The molecule has 1 unspecified atom stereocenters. The van der Waals surface area contributed by atoms with Crippen LogP contribution in [-0.2, 0) is 0 Å². The highest BCUT2D eigenvalue weighted by Crippen LogP contribution is 2.11. The molecule has 0 radical (unpaired) electrons. The molecule has 1 N–H and O–H groups in total. The summed E-state index contributed by atoms with van der Waals surface area (Å²) in [6, 6.07) is 9.17. The smallest absolute Gasteiger partial charge is 0.198 e. The Morgan fingerprint density at radius 3 is 2.58 bits per heavy atom. The maximum Gasteiger partial charge on any atom is 0.198 e. The van der Waals surface area contributed by atoms with Gasteiger partial charge in [-0.3, -0.25) is 0 Å². The molecule has 0 aliphatic heterocycles. The SMILES string of the molecule is OC(CCCl)Oc1ccccc1. The van der Waals surface area contributed by atoms with E-state index in [1.165, 1.54) is 0 Å². The van der Waals surface area contributed by atoms with Crippen molar-refractivity contribution in [2.45, 2.75) is 12.7 Å². The van der Waals surface area contributed by atoms with Gasteiger partial charge in [-0.05, 0) is 12.1 Å². The highest BCUT2D eigenvalue weighted by atomic mass is 35.5. The van der Waals surface area contributed by atoms with Crippen LogP contribution >= 0.6 is 11.6 Å². The van der Waals surface area contributed by atoms with Crippen LogP contribution in [0.2, 0.25) is 0 Å². The Balaban J connectivity index is 2.41. The van der Waals surface area contributed by atoms with Crippen molar-refractivity contribution in [1.29, 1.82) is 0 Å². The minimum atomic E-state index is -0.801. The molecule has 0 bridgehead atoms. The Morgan fingerprint density at radius 1 is 1.33 bits per heavy atom. The molecule has 0 aliphatic rings. The van der Waals surface area contributed by atoms with Crippen LogP contribution in [0.5, 0.6) is 5.75 Å². The molecule has 0 aromatic heterocycles. The number of rotatable bonds is 4. The second-order valence-corrected chi connectivity index (χ2v) is 2.74. The summed E-state index contributed by atoms with van der Waals surface area (Å²) in [5.74, 6) is 1.06. The first-order valence-electron chi connectivity index (χ1n) is 3.78. The lowest BCUT2D eigenvalue weighted by Crippen LogP contribution is -2.15. The lowest BCUT2D eigenvalue weighted by Gasteiger charge is -2.11. The third-order valence-electron chi connectivity index (χ3n) is 1.37. The van der Waals surface area contributed by atoms with Crippen LogP contribution in [-0.4, -0.2) is 17.3 Å². The molecule has 2 nitrogen and oxygen atoms in total. The van der Waals surface area contributed by atoms with E-state index in [2.05, 4.69) is 0 Å². The summed E-state index contributed by atoms with van der Waals surface area (Å²) in [7, 11) is 0. The Morgan fingerprint density at radius 2 is 2.00 bits per heavy atom. The van der Waals surface area contributed by atoms with E-state index in [4.69, 9.17) is 16.3 Å². The first-order chi connectivity index (χ1) is 5.83. The van der Waals surface area contributed by atoms with E-state index >= 15 is 0 Å². The highest BCUT2D eigenvalue weighted by molar-refractivity contribution is 6.17. The second kappa shape index (κ2) is 5.01. The summed E-state index contributed by atoms with van der Waals surface area (Å²) >= 11 is 5.42. The number of hydrogen-bond acceptors (Lipinski definition) is 2. The van der Waals surface area contributed by atoms with Crippen LogP contribution in [0, 0.1) is 0 Å². The lowest BCUT2D eigenvalue weighted by molar-refractivity contribution is -0.0184. The monoisotopic (exact) mass is 186 g/mol. The maximum atomic E-state index is 9.20. The number of aliphatic hydroxyl groups excluding tert-OH is 1. The summed E-state index contributed by atoms with van der Waals surface area (Å²) in [6.45, 7) is 0. The zero-order valence-corrected chi connectivity index (χ0v) is 7.37. The first-order valence-corrected chi connectivity index (χ1v) is 4.32. The van der Waals surface area contributed by atoms with Gasteiger partial charge in [0.2, 0.25) is 0 Å². The fraction of sp³-hybridized carbons (Fsp3) is 0.333. The van der Waals surface area contributed by atoms with Gasteiger partial charge >= 0.3 is 0 Å². The number of ether oxygens (including phenoxy) is 1. The normalized spacial score (nSPS) is 12.5. The maximum absolute atomic E-state index is 9.20. The van der Waals surface area contributed by atoms with E-state index < -0.39 is 6.29 Å². The molecule has 0 heterocycles. The molecule has 0 amide bonds. The quantitative estimate of drug-likeness (QED) is 0.576. The largest absolute Gasteiger partial charge is 0.465 e. The van der Waals surface area contributed by atoms with Crippen LogP contribution in [0.4, 0.5) is 0 Å². The predicted octanol–water partition coefficient (Wildman–Crippen LogP) is 2.01. The minimum Gasteiger partial charge on any atom is -0.465 e. The number of benzene rings is 1. The van der Waals surface area contributed by atoms with Gasteiger partial charge in [-0.25, -0.2) is 0 Å². The van der Waals surface area contributed by atoms with Crippen molar-refractivity contribution in [3.05, 3.63) is 30.3 Å². The van der Waals surface area contributed by atoms with Crippen molar-refractivity contribution in [2.75, 3.05) is 5.88 Å². The Kier molecular flexibility index (Phi) is 3.91. The van der Waals surface area contributed by atoms with E-state index in [0.29, 0.717) is 18.1 Å². The third kappa shape index (κ3) is 3.11. The first kappa shape index (κ1) is 9.36. The summed E-state index contributed by atoms with van der Waals surface area (Å²) in [5, 5.41) is 9.20. The van der Waals surface area contributed by atoms with Crippen LogP contribution in [0.1, 0.15) is 6.42 Å². The number of aliphatic hydroxyl groups is 1. The number of para-hydroxylation sites is 1. The van der Waals surface area contributed by atoms with E-state index in [0.717, 1.165) is 0 Å². The van der Waals surface area contributed by atoms with Gasteiger partial charge in [0.05, 0.1) is 0 Å². The van der Waals surface area contributed by atoms with Crippen molar-refractivity contribution in [1.82, 2.24) is 0 Å². The number of hydrogen-bond donors (Lipinski definition) is 1. The van der Waals surface area contributed by atoms with Gasteiger partial charge in [0.15, 0.2) is 6.29 Å². The predicted molar refractivity (Wildman–Crippen MR) is 48.4 cm³/mol. The molecule has 1 rings (SSSR count). The summed E-state index contributed by atoms with van der Waals surface area (Å²) in [4.78, 5) is 0. The number of halogens is 1. The molecule has 0 aliphatic carbocycles. The van der Waals surface area contributed by atoms with Gasteiger partial charge in [-0.2, -0.15) is 0 Å². The standard InChI is InChI=1S/C9H11ClO2/c10-7-6-9(11)12-8-4-2-1-3-5-8/h1-5,9,11H,6-7H2. The minimum absolute atomic E-state index is 0.397. The Hall–Kier alpha value is -0.730. The van der Waals surface area contributed by atoms with Gasteiger partial charge in [0.1, 0.15) is 5.75 Å². The molecule has 1 aromatic rings. The van der Waals surface area contributed by atoms with Crippen molar-refractivity contribution < 1.29 is 9.84 Å². The molecule has 0 saturated heterocycles. The van der Waals surface area contributed by atoms with E-state index in [9.17, 15) is 5.11 Å². The summed E-state index contributed by atoms with van der Waals surface area (Å²) in [6.07, 6.45) is -0.360. The molecule has 1 aromatic carbocycles. The van der Waals surface area contributed by atoms with E-state index in [-0.39, 0.29) is 0 Å². The van der Waals surface area contributed by atoms with Gasteiger partial charge < -0.3 is 9.84 Å². The van der Waals surface area contributed by atoms with Crippen molar-refractivity contribution in [3.8, 4) is 5.75 Å². The average molecular weight is 187 g/mol. The van der Waals surface area contributed by atoms with Gasteiger partial charge in [-0.1, -0.05) is 18.2 Å². The molecular formula is C9H11ClO2. The molecular weight excluding hydrogens is 176 g/mol. The molecule has 12 heavy (non-hydrogen) atoms. The molecule has 0 spiro atoms. The summed E-state index contributed by atoms with van der Waals surface area (Å²) in [5.41, 5.74) is 0. The highest BCUT2D eigenvalue weighted by Gasteiger charge is 2.02. The van der Waals surface area contributed by atoms with Crippen molar-refractivity contribution in [2.24, 2.45) is 0 Å². The molecule has 0 saturated carbocycles. The van der Waals surface area contributed by atoms with Crippen LogP contribution in [0.15, 0.2) is 30.3 Å². The van der Waals surface area contributed by atoms with Crippen molar-refractivity contribution >= 4 is 11.6 Å². The fourth-order valence-electron chi connectivity index (χ4n) is 0.808. The fourth-order valence-corrected chi connectivity index (χ4v) is 0.995. The van der Waals surface area contributed by atoms with E-state index in [1.54, 1.807) is 12.1 Å². The summed E-state index contributed by atoms with van der Waals surface area (Å²) < 4.78 is 5.13. The Labute approximate surface area is 76.7 Å². The lowest BCUT2D eigenvalue weighted by atomic mass is 10.3. The molecule has 66 valence electrons. The van der Waals surface area contributed by atoms with Crippen LogP contribution in [0.25, 0.3) is 0 Å². The molecule has 3 heteroatoms. The van der Waals surface area contributed by atoms with Gasteiger partial charge in [-0.15, -0.1) is 11.6 Å². The number of alkyl halides is 1. The van der Waals surface area contributed by atoms with Gasteiger partial charge in [0, 0.05) is 12.3 Å². The van der Waals surface area contributed by atoms with Crippen LogP contribution in [0.3, 0.4) is 0 Å². The van der Waals surface area contributed by atoms with E-state index in [1.807, 2.05) is 18.2 Å². The average Bonchev–Trinajstić information content (AvgIpc) is 2.06. The molecule has 0 fully saturated rings. The zero-order valence-electron chi connectivity index (χ0n) is 6.61. The van der Waals surface area contributed by atoms with Crippen molar-refractivity contribution in [3.63, 3.8) is 0 Å². The second-order valence-electron chi connectivity index (χ2n) is 2.36. The Bertz CT molecular complexity index is 213. The third-order valence-corrected chi connectivity index (χ3v) is 1.59. The molecule has 1 atom stereocenters. The van der Waals surface area contributed by atoms with Crippen LogP contribution < -0.4 is 4.74 Å².